The predicted octanol–water partition coefficient (Wildman–Crippen LogP) is 2.36. The van der Waals surface area contributed by atoms with Gasteiger partial charge in [-0.2, -0.15) is 0 Å². The predicted molar refractivity (Wildman–Crippen MR) is 83.2 cm³/mol. The molecule has 0 bridgehead atoms. The van der Waals surface area contributed by atoms with Crippen molar-refractivity contribution in [3.8, 4) is 5.75 Å². The van der Waals surface area contributed by atoms with E-state index in [0.29, 0.717) is 24.5 Å². The second-order valence-electron chi connectivity index (χ2n) is 6.10. The topological polar surface area (TPSA) is 78.6 Å². The number of hydrogen-bond acceptors (Lipinski definition) is 4. The molecule has 120 valence electrons. The standard InChI is InChI=1S/C15H25NO4S/c1-11-9-13(20-8-6-7-19-5)12(15(2,3)4)10-14(11)21(16,17)18/h9-10H,6-8H2,1-5H3,(H2,16,17,18). The number of methoxy groups -OCH3 is 1. The Morgan fingerprint density at radius 1 is 1.19 bits per heavy atom. The third kappa shape index (κ3) is 4.98. The Labute approximate surface area is 127 Å². The molecule has 6 heteroatoms. The average Bonchev–Trinajstić information content (AvgIpc) is 2.31. The molecule has 0 amide bonds. The number of primary sulfonamides is 1. The van der Waals surface area contributed by atoms with Crippen LogP contribution in [0.5, 0.6) is 5.75 Å². The number of aryl methyl sites for hydroxylation is 1. The van der Waals surface area contributed by atoms with Gasteiger partial charge in [0.1, 0.15) is 5.75 Å². The quantitative estimate of drug-likeness (QED) is 0.817. The van der Waals surface area contributed by atoms with Crippen molar-refractivity contribution in [1.29, 1.82) is 0 Å². The number of ether oxygens (including phenoxy) is 2. The van der Waals surface area contributed by atoms with E-state index >= 15 is 0 Å². The highest BCUT2D eigenvalue weighted by Crippen LogP contribution is 2.35. The molecule has 0 saturated heterocycles. The van der Waals surface area contributed by atoms with E-state index in [9.17, 15) is 8.42 Å². The molecule has 0 heterocycles. The highest BCUT2D eigenvalue weighted by atomic mass is 32.2. The molecule has 0 unspecified atom stereocenters. The first-order valence-electron chi connectivity index (χ1n) is 6.87. The van der Waals surface area contributed by atoms with Crippen LogP contribution in [-0.2, 0) is 20.2 Å². The van der Waals surface area contributed by atoms with Crippen molar-refractivity contribution in [3.63, 3.8) is 0 Å². The molecule has 2 N–H and O–H groups in total. The lowest BCUT2D eigenvalue weighted by atomic mass is 9.86. The summed E-state index contributed by atoms with van der Waals surface area (Å²) in [7, 11) is -2.09. The van der Waals surface area contributed by atoms with E-state index in [2.05, 4.69) is 0 Å². The zero-order valence-corrected chi connectivity index (χ0v) is 14.2. The van der Waals surface area contributed by atoms with E-state index in [1.807, 2.05) is 20.8 Å². The Kier molecular flexibility index (Phi) is 5.78. The molecule has 0 spiro atoms. The first-order chi connectivity index (χ1) is 9.57. The third-order valence-corrected chi connectivity index (χ3v) is 4.19. The first kappa shape index (κ1) is 17.9. The van der Waals surface area contributed by atoms with Gasteiger partial charge in [0.25, 0.3) is 0 Å². The van der Waals surface area contributed by atoms with Gasteiger partial charge in [-0.25, -0.2) is 13.6 Å². The summed E-state index contributed by atoms with van der Waals surface area (Å²) in [6.45, 7) is 8.88. The Morgan fingerprint density at radius 2 is 1.81 bits per heavy atom. The van der Waals surface area contributed by atoms with Crippen LogP contribution in [0.4, 0.5) is 0 Å². The van der Waals surface area contributed by atoms with Gasteiger partial charge in [0.05, 0.1) is 11.5 Å². The fourth-order valence-corrected chi connectivity index (χ4v) is 2.85. The minimum Gasteiger partial charge on any atom is -0.493 e. The van der Waals surface area contributed by atoms with Gasteiger partial charge in [-0.15, -0.1) is 0 Å². The molecule has 21 heavy (non-hydrogen) atoms. The number of hydrogen-bond donors (Lipinski definition) is 1. The van der Waals surface area contributed by atoms with E-state index in [-0.39, 0.29) is 10.3 Å². The van der Waals surface area contributed by atoms with Crippen molar-refractivity contribution >= 4 is 10.0 Å². The highest BCUT2D eigenvalue weighted by molar-refractivity contribution is 7.89. The summed E-state index contributed by atoms with van der Waals surface area (Å²) in [4.78, 5) is 0.150. The van der Waals surface area contributed by atoms with Crippen molar-refractivity contribution < 1.29 is 17.9 Å². The zero-order valence-electron chi connectivity index (χ0n) is 13.4. The summed E-state index contributed by atoms with van der Waals surface area (Å²) in [5.74, 6) is 0.698. The third-order valence-electron chi connectivity index (χ3n) is 3.14. The van der Waals surface area contributed by atoms with Crippen LogP contribution in [-0.4, -0.2) is 28.7 Å². The van der Waals surface area contributed by atoms with Gasteiger partial charge in [-0.05, 0) is 30.0 Å². The molecule has 0 saturated carbocycles. The lowest BCUT2D eigenvalue weighted by molar-refractivity contribution is 0.171. The van der Waals surface area contributed by atoms with Gasteiger partial charge in [-0.1, -0.05) is 20.8 Å². The minimum atomic E-state index is -3.74. The van der Waals surface area contributed by atoms with E-state index in [1.54, 1.807) is 26.2 Å². The van der Waals surface area contributed by atoms with Crippen molar-refractivity contribution in [2.75, 3.05) is 20.3 Å². The van der Waals surface area contributed by atoms with Gasteiger partial charge in [0.15, 0.2) is 0 Å². The molecule has 1 aromatic rings. The fraction of sp³-hybridized carbons (Fsp3) is 0.600. The summed E-state index contributed by atoms with van der Waals surface area (Å²) in [6, 6.07) is 3.36. The lowest BCUT2D eigenvalue weighted by Crippen LogP contribution is -2.19. The molecule has 0 atom stereocenters. The van der Waals surface area contributed by atoms with Gasteiger partial charge < -0.3 is 9.47 Å². The van der Waals surface area contributed by atoms with Gasteiger partial charge in [-0.3, -0.25) is 0 Å². The maximum absolute atomic E-state index is 11.7. The molecule has 0 aromatic heterocycles. The number of rotatable bonds is 6. The summed E-state index contributed by atoms with van der Waals surface area (Å²) >= 11 is 0. The maximum atomic E-state index is 11.7. The van der Waals surface area contributed by atoms with Crippen LogP contribution in [0.3, 0.4) is 0 Å². The zero-order chi connectivity index (χ0) is 16.3. The second-order valence-corrected chi connectivity index (χ2v) is 7.63. The van der Waals surface area contributed by atoms with E-state index < -0.39 is 10.0 Å². The smallest absolute Gasteiger partial charge is 0.238 e. The number of benzene rings is 1. The second kappa shape index (κ2) is 6.77. The van der Waals surface area contributed by atoms with Crippen LogP contribution in [0.15, 0.2) is 17.0 Å². The summed E-state index contributed by atoms with van der Waals surface area (Å²) in [6.07, 6.45) is 0.774. The molecular weight excluding hydrogens is 290 g/mol. The van der Waals surface area contributed by atoms with E-state index in [0.717, 1.165) is 12.0 Å². The van der Waals surface area contributed by atoms with Crippen molar-refractivity contribution in [2.45, 2.75) is 44.4 Å². The average molecular weight is 315 g/mol. The Morgan fingerprint density at radius 3 is 2.29 bits per heavy atom. The Bertz CT molecular complexity index is 588. The van der Waals surface area contributed by atoms with Crippen LogP contribution in [0.25, 0.3) is 0 Å². The molecule has 0 fully saturated rings. The fourth-order valence-electron chi connectivity index (χ4n) is 2.06. The van der Waals surface area contributed by atoms with Crippen LogP contribution in [0.1, 0.15) is 38.3 Å². The molecule has 1 rings (SSSR count). The lowest BCUT2D eigenvalue weighted by Gasteiger charge is -2.24. The monoisotopic (exact) mass is 315 g/mol. The van der Waals surface area contributed by atoms with Crippen LogP contribution in [0.2, 0.25) is 0 Å². The Hall–Kier alpha value is -1.11. The Balaban J connectivity index is 3.21. The van der Waals surface area contributed by atoms with Crippen molar-refractivity contribution in [3.05, 3.63) is 23.3 Å². The van der Waals surface area contributed by atoms with E-state index in [1.165, 1.54) is 0 Å². The first-order valence-corrected chi connectivity index (χ1v) is 8.41. The van der Waals surface area contributed by atoms with Crippen LogP contribution in [0, 0.1) is 6.92 Å². The summed E-state index contributed by atoms with van der Waals surface area (Å²) in [5, 5.41) is 5.27. The number of nitrogens with two attached hydrogens (primary N) is 1. The molecule has 1 aromatic carbocycles. The van der Waals surface area contributed by atoms with Gasteiger partial charge >= 0.3 is 0 Å². The van der Waals surface area contributed by atoms with E-state index in [4.69, 9.17) is 14.6 Å². The summed E-state index contributed by atoms with van der Waals surface area (Å²) < 4.78 is 34.1. The van der Waals surface area contributed by atoms with Gasteiger partial charge in [0.2, 0.25) is 10.0 Å². The normalized spacial score (nSPS) is 12.5. The minimum absolute atomic E-state index is 0.150. The largest absolute Gasteiger partial charge is 0.493 e. The van der Waals surface area contributed by atoms with Crippen molar-refractivity contribution in [2.24, 2.45) is 5.14 Å². The molecule has 0 aliphatic carbocycles. The molecule has 5 nitrogen and oxygen atoms in total. The van der Waals surface area contributed by atoms with Crippen LogP contribution < -0.4 is 9.88 Å². The maximum Gasteiger partial charge on any atom is 0.238 e. The highest BCUT2D eigenvalue weighted by Gasteiger charge is 2.23. The van der Waals surface area contributed by atoms with Crippen molar-refractivity contribution in [1.82, 2.24) is 0 Å². The molecular formula is C15H25NO4S. The van der Waals surface area contributed by atoms with Gasteiger partial charge in [0, 0.05) is 25.7 Å². The number of sulfonamides is 1. The molecule has 0 aliphatic heterocycles. The van der Waals surface area contributed by atoms with Crippen LogP contribution >= 0.6 is 0 Å². The molecule has 0 aliphatic rings. The molecule has 0 radical (unpaired) electrons. The SMILES string of the molecule is COCCCOc1cc(C)c(S(N)(=O)=O)cc1C(C)(C)C. The summed E-state index contributed by atoms with van der Waals surface area (Å²) in [5.41, 5.74) is 1.17.